The van der Waals surface area contributed by atoms with Crippen LogP contribution >= 0.6 is 18.7 Å². The van der Waals surface area contributed by atoms with Gasteiger partial charge >= 0.3 is 0 Å². The molecule has 0 unspecified atom stereocenters. The van der Waals surface area contributed by atoms with E-state index in [0.29, 0.717) is 0 Å². The van der Waals surface area contributed by atoms with Crippen molar-refractivity contribution < 1.29 is 0 Å². The summed E-state index contributed by atoms with van der Waals surface area (Å²) in [6.07, 6.45) is 33.2. The number of hydrogen-bond acceptors (Lipinski definition) is 1. The van der Waals surface area contributed by atoms with Crippen LogP contribution in [0, 0.1) is 0 Å². The van der Waals surface area contributed by atoms with Gasteiger partial charge in [-0.1, -0.05) is 111 Å². The Balaban J connectivity index is 3.75. The van der Waals surface area contributed by atoms with Gasteiger partial charge in [0.05, 0.1) is 25.0 Å². The highest BCUT2D eigenvalue weighted by molar-refractivity contribution is 8.53. The largest absolute Gasteiger partial charge is 0.0705 e. The average Bonchev–Trinajstić information content (AvgIpc) is 2.70. The summed E-state index contributed by atoms with van der Waals surface area (Å²) in [6.45, 7) is 6.01. The van der Waals surface area contributed by atoms with E-state index < -0.39 is 6.46 Å². The summed E-state index contributed by atoms with van der Waals surface area (Å²) in [7, 11) is 0. The minimum Gasteiger partial charge on any atom is -0.0654 e. The molecular weight excluding hydrogens is 375 g/mol. The van der Waals surface area contributed by atoms with E-state index in [1.807, 2.05) is 0 Å². The van der Waals surface area contributed by atoms with E-state index in [1.54, 1.807) is 0 Å². The molecule has 0 aromatic carbocycles. The van der Waals surface area contributed by atoms with Gasteiger partial charge in [0, 0.05) is 12.2 Å². The van der Waals surface area contributed by atoms with Crippen molar-refractivity contribution >= 4 is 18.7 Å². The van der Waals surface area contributed by atoms with Crippen molar-refractivity contribution in [3.05, 3.63) is 0 Å². The van der Waals surface area contributed by atoms with Gasteiger partial charge in [0.15, 0.2) is 0 Å². The lowest BCUT2D eigenvalue weighted by Crippen LogP contribution is -2.04. The Kier molecular flexibility index (Phi) is 23.1. The molecule has 0 amide bonds. The summed E-state index contributed by atoms with van der Waals surface area (Å²) < 4.78 is 0. The van der Waals surface area contributed by atoms with Crippen molar-refractivity contribution in [1.82, 2.24) is 0 Å². The highest BCUT2D eigenvalue weighted by Gasteiger charge is 2.31. The zero-order chi connectivity index (χ0) is 20.8. The lowest BCUT2D eigenvalue weighted by Gasteiger charge is -2.21. The van der Waals surface area contributed by atoms with Crippen molar-refractivity contribution in [2.45, 2.75) is 149 Å². The molecule has 0 nitrogen and oxygen atoms in total. The molecular formula is C26H56PS+. The Hall–Kier alpha value is 0.780. The molecule has 0 aliphatic carbocycles. The van der Waals surface area contributed by atoms with Crippen molar-refractivity contribution in [3.63, 3.8) is 0 Å². The molecule has 0 aliphatic heterocycles. The van der Waals surface area contributed by atoms with E-state index in [1.165, 1.54) is 147 Å². The van der Waals surface area contributed by atoms with Crippen LogP contribution < -0.4 is 0 Å². The van der Waals surface area contributed by atoms with Gasteiger partial charge < -0.3 is 0 Å². The second-order valence-corrected chi connectivity index (χ2v) is 15.4. The van der Waals surface area contributed by atoms with Crippen molar-refractivity contribution in [1.29, 1.82) is 0 Å². The zero-order valence-electron chi connectivity index (χ0n) is 20.2. The predicted molar refractivity (Wildman–Crippen MR) is 140 cm³/mol. The van der Waals surface area contributed by atoms with Crippen LogP contribution in [-0.2, 0) is 0 Å². The molecule has 0 aromatic heterocycles. The fourth-order valence-electron chi connectivity index (χ4n) is 4.25. The summed E-state index contributed by atoms with van der Waals surface area (Å²) in [4.78, 5) is 0. The Morgan fingerprint density at radius 1 is 0.357 bits per heavy atom. The molecule has 0 radical (unpaired) electrons. The predicted octanol–water partition coefficient (Wildman–Crippen LogP) is 10.7. The maximum Gasteiger partial charge on any atom is 0.0705 e. The second kappa shape index (κ2) is 22.5. The second-order valence-electron chi connectivity index (χ2n) is 9.28. The van der Waals surface area contributed by atoms with Crippen LogP contribution in [0.2, 0.25) is 0 Å². The average molecular weight is 432 g/mol. The number of rotatable bonds is 23. The first-order valence-electron chi connectivity index (χ1n) is 13.3. The Morgan fingerprint density at radius 3 is 0.857 bits per heavy atom. The maximum atomic E-state index is 5.34. The minimum absolute atomic E-state index is 0.935. The van der Waals surface area contributed by atoms with Crippen molar-refractivity contribution in [3.8, 4) is 0 Å². The molecule has 0 spiro atoms. The fraction of sp³-hybridized carbons (Fsp3) is 1.00. The third kappa shape index (κ3) is 20.1. The normalized spacial score (nSPS) is 12.0. The van der Waals surface area contributed by atoms with Gasteiger partial charge in [-0.25, -0.2) is 0 Å². The first-order valence-corrected chi connectivity index (χ1v) is 16.8. The van der Waals surface area contributed by atoms with Crippen LogP contribution in [-0.4, -0.2) is 18.5 Å². The topological polar surface area (TPSA) is 0 Å². The minimum atomic E-state index is -0.935. The molecule has 0 aliphatic rings. The number of hydrogen-bond donors (Lipinski definition) is 1. The van der Waals surface area contributed by atoms with E-state index in [9.17, 15) is 0 Å². The third-order valence-corrected chi connectivity index (χ3v) is 11.5. The molecule has 0 bridgehead atoms. The van der Waals surface area contributed by atoms with E-state index in [0.717, 1.165) is 0 Å². The van der Waals surface area contributed by atoms with Crippen LogP contribution in [0.3, 0.4) is 0 Å². The SMILES string of the molecule is CCCCCCCCCCCCCC[P+](S)(CCCCCC)CCCCCC. The van der Waals surface area contributed by atoms with Crippen LogP contribution in [0.5, 0.6) is 0 Å². The molecule has 0 aromatic rings. The standard InChI is InChI=1S/C26H56PS/c1-4-7-10-13-14-15-16-17-18-19-20-23-26-27(28,24-21-11-8-5-2)25-22-12-9-6-3/h28H,4-26H2,1-3H3/q+1. The summed E-state index contributed by atoms with van der Waals surface area (Å²) in [5.41, 5.74) is 0. The van der Waals surface area contributed by atoms with E-state index in [-0.39, 0.29) is 0 Å². The monoisotopic (exact) mass is 431 g/mol. The van der Waals surface area contributed by atoms with Crippen LogP contribution in [0.1, 0.15) is 149 Å². The van der Waals surface area contributed by atoms with Gasteiger partial charge in [-0.2, -0.15) is 0 Å². The van der Waals surface area contributed by atoms with Crippen molar-refractivity contribution in [2.24, 2.45) is 0 Å². The molecule has 0 atom stereocenters. The lowest BCUT2D eigenvalue weighted by atomic mass is 10.1. The van der Waals surface area contributed by atoms with Gasteiger partial charge in [-0.05, 0) is 38.5 Å². The molecule has 28 heavy (non-hydrogen) atoms. The van der Waals surface area contributed by atoms with Gasteiger partial charge in [-0.3, -0.25) is 0 Å². The molecule has 0 fully saturated rings. The van der Waals surface area contributed by atoms with Crippen LogP contribution in [0.25, 0.3) is 0 Å². The quantitative estimate of drug-likeness (QED) is 0.0928. The molecule has 170 valence electrons. The molecule has 0 N–H and O–H groups in total. The summed E-state index contributed by atoms with van der Waals surface area (Å²) in [5.74, 6) is 0. The van der Waals surface area contributed by atoms with Gasteiger partial charge in [0.2, 0.25) is 0 Å². The Morgan fingerprint density at radius 2 is 0.571 bits per heavy atom. The lowest BCUT2D eigenvalue weighted by molar-refractivity contribution is 0.548. The first kappa shape index (κ1) is 28.8. The van der Waals surface area contributed by atoms with Crippen LogP contribution in [0.4, 0.5) is 0 Å². The highest BCUT2D eigenvalue weighted by atomic mass is 32.7. The van der Waals surface area contributed by atoms with Crippen LogP contribution in [0.15, 0.2) is 0 Å². The summed E-state index contributed by atoms with van der Waals surface area (Å²) in [5, 5.41) is 0. The molecule has 0 heterocycles. The smallest absolute Gasteiger partial charge is 0.0654 e. The molecule has 2 heteroatoms. The van der Waals surface area contributed by atoms with Crippen molar-refractivity contribution in [2.75, 3.05) is 18.5 Å². The summed E-state index contributed by atoms with van der Waals surface area (Å²) >= 11 is 5.34. The Bertz CT molecular complexity index is 280. The maximum absolute atomic E-state index is 5.34. The zero-order valence-corrected chi connectivity index (χ0v) is 21.9. The molecule has 0 saturated heterocycles. The fourth-order valence-corrected chi connectivity index (χ4v) is 8.63. The van der Waals surface area contributed by atoms with Gasteiger partial charge in [0.25, 0.3) is 0 Å². The first-order chi connectivity index (χ1) is 13.7. The van der Waals surface area contributed by atoms with E-state index in [2.05, 4.69) is 20.8 Å². The van der Waals surface area contributed by atoms with E-state index in [4.69, 9.17) is 12.2 Å². The highest BCUT2D eigenvalue weighted by Crippen LogP contribution is 2.65. The number of unbranched alkanes of at least 4 members (excludes halogenated alkanes) is 17. The van der Waals surface area contributed by atoms with E-state index >= 15 is 0 Å². The van der Waals surface area contributed by atoms with Gasteiger partial charge in [-0.15, -0.1) is 0 Å². The summed E-state index contributed by atoms with van der Waals surface area (Å²) in [6, 6.07) is 0. The Labute approximate surface area is 186 Å². The third-order valence-electron chi connectivity index (χ3n) is 6.28. The van der Waals surface area contributed by atoms with Gasteiger partial charge in [0.1, 0.15) is 0 Å². The molecule has 0 saturated carbocycles. The number of thiol groups is 1. The molecule has 0 rings (SSSR count).